The van der Waals surface area contributed by atoms with Gasteiger partial charge in [0.1, 0.15) is 21.9 Å². The number of sulfonamides is 2. The molecule has 252 valence electrons. The minimum atomic E-state index is -4.33. The molecule has 4 rings (SSSR count). The molecule has 0 radical (unpaired) electrons. The van der Waals surface area contributed by atoms with Crippen molar-refractivity contribution in [1.82, 2.24) is 14.9 Å². The normalized spacial score (nSPS) is 21.0. The van der Waals surface area contributed by atoms with Crippen molar-refractivity contribution in [2.75, 3.05) is 18.5 Å². The van der Waals surface area contributed by atoms with Crippen LogP contribution in [-0.4, -0.2) is 87.4 Å². The maximum atomic E-state index is 14.0. The molecule has 46 heavy (non-hydrogen) atoms. The van der Waals surface area contributed by atoms with E-state index in [1.165, 1.54) is 4.90 Å². The molecule has 0 aromatic heterocycles. The predicted octanol–water partition coefficient (Wildman–Crippen LogP) is 1.30. The van der Waals surface area contributed by atoms with E-state index in [0.29, 0.717) is 12.8 Å². The number of amides is 1. The topological polar surface area (TPSA) is 214 Å². The van der Waals surface area contributed by atoms with Gasteiger partial charge in [-0.05, 0) is 56.7 Å². The van der Waals surface area contributed by atoms with Gasteiger partial charge in [-0.1, -0.05) is 41.9 Å². The lowest BCUT2D eigenvalue weighted by molar-refractivity contribution is -0.150. The van der Waals surface area contributed by atoms with Gasteiger partial charge in [0.2, 0.25) is 26.0 Å². The number of aliphatic carboxylic acids is 1. The minimum absolute atomic E-state index is 0.00438. The first-order valence-corrected chi connectivity index (χ1v) is 18.4. The van der Waals surface area contributed by atoms with Crippen molar-refractivity contribution in [3.8, 4) is 0 Å². The molecule has 2 aromatic carbocycles. The zero-order valence-electron chi connectivity index (χ0n) is 24.8. The summed E-state index contributed by atoms with van der Waals surface area (Å²) in [4.78, 5) is 39.3. The van der Waals surface area contributed by atoms with E-state index in [1.807, 2.05) is 30.3 Å². The lowest BCUT2D eigenvalue weighted by Gasteiger charge is -2.35. The van der Waals surface area contributed by atoms with Crippen molar-refractivity contribution in [3.63, 3.8) is 0 Å². The number of esters is 1. The molecule has 5 atom stereocenters. The number of ether oxygens (including phenoxy) is 1. The highest BCUT2D eigenvalue weighted by atomic mass is 35.5. The molecule has 1 unspecified atom stereocenters. The van der Waals surface area contributed by atoms with E-state index >= 15 is 0 Å². The van der Waals surface area contributed by atoms with Gasteiger partial charge in [-0.15, -0.1) is 0 Å². The third-order valence-corrected chi connectivity index (χ3v) is 11.1. The predicted molar refractivity (Wildman–Crippen MR) is 172 cm³/mol. The van der Waals surface area contributed by atoms with Crippen LogP contribution < -0.4 is 20.5 Å². The fraction of sp³-hybridized carbons (Fsp3) is 0.464. The van der Waals surface area contributed by atoms with Gasteiger partial charge in [0.15, 0.2) is 0 Å². The Bertz CT molecular complexity index is 1680. The standard InChI is InChI=1S/C28H36ClN5O9S3/c1-2-43-28(38)18(11-10-16-7-4-3-5-8-16)32-25(26(35)34-12-6-9-20(34)27(36)37)21(44)14-24-31-19-13-17(29)22(45(30,39)40)15-23(19)46(41,42)33-24/h3-5,7-8,13,15,18,20-21,24-25,31-33,44H,2,6,9-12,14H2,1H3,(H,36,37)(H2,30,39,40)/t18-,20-,21-,24+,25?/m0/s1. The van der Waals surface area contributed by atoms with E-state index in [-0.39, 0.29) is 43.1 Å². The highest BCUT2D eigenvalue weighted by Crippen LogP contribution is 2.34. The zero-order chi connectivity index (χ0) is 33.8. The van der Waals surface area contributed by atoms with Crippen LogP contribution in [0.4, 0.5) is 5.69 Å². The number of carboxylic acid groups (broad SMARTS) is 1. The lowest BCUT2D eigenvalue weighted by atomic mass is 10.0. The maximum absolute atomic E-state index is 14.0. The number of anilines is 1. The molecule has 1 amide bonds. The fourth-order valence-electron chi connectivity index (χ4n) is 5.54. The molecule has 2 aliphatic rings. The second kappa shape index (κ2) is 14.9. The van der Waals surface area contributed by atoms with Gasteiger partial charge in [0, 0.05) is 11.8 Å². The van der Waals surface area contributed by atoms with Crippen LogP contribution in [0.3, 0.4) is 0 Å². The van der Waals surface area contributed by atoms with Gasteiger partial charge in [0.05, 0.1) is 29.5 Å². The van der Waals surface area contributed by atoms with Crippen LogP contribution in [0.15, 0.2) is 52.3 Å². The van der Waals surface area contributed by atoms with Crippen molar-refractivity contribution in [2.45, 2.75) is 78.4 Å². The van der Waals surface area contributed by atoms with Crippen molar-refractivity contribution in [3.05, 3.63) is 53.1 Å². The van der Waals surface area contributed by atoms with Gasteiger partial charge < -0.3 is 20.1 Å². The minimum Gasteiger partial charge on any atom is -0.480 e. The Labute approximate surface area is 277 Å². The summed E-state index contributed by atoms with van der Waals surface area (Å²) in [7, 11) is -8.62. The third kappa shape index (κ3) is 8.50. The van der Waals surface area contributed by atoms with Gasteiger partial charge in [-0.3, -0.25) is 14.9 Å². The summed E-state index contributed by atoms with van der Waals surface area (Å²) in [6.07, 6.45) is 0.208. The second-order valence-corrected chi connectivity index (χ2v) is 15.2. The first kappa shape index (κ1) is 35.9. The Kier molecular flexibility index (Phi) is 11.6. The number of carbonyl (C=O) groups excluding carboxylic acids is 2. The first-order chi connectivity index (χ1) is 21.6. The summed E-state index contributed by atoms with van der Waals surface area (Å²) in [5, 5.41) is 19.7. The molecular weight excluding hydrogens is 682 g/mol. The molecule has 0 saturated carbocycles. The molecule has 1 saturated heterocycles. The zero-order valence-corrected chi connectivity index (χ0v) is 28.0. The van der Waals surface area contributed by atoms with Crippen LogP contribution in [0.5, 0.6) is 0 Å². The van der Waals surface area contributed by atoms with Crippen LogP contribution in [0.25, 0.3) is 0 Å². The molecule has 18 heteroatoms. The van der Waals surface area contributed by atoms with Crippen molar-refractivity contribution < 1.29 is 41.1 Å². The molecule has 2 heterocycles. The quantitative estimate of drug-likeness (QED) is 0.128. The van der Waals surface area contributed by atoms with E-state index in [4.69, 9.17) is 21.5 Å². The van der Waals surface area contributed by atoms with Gasteiger partial charge >= 0.3 is 11.9 Å². The largest absolute Gasteiger partial charge is 0.480 e. The Hall–Kier alpha value is -2.93. The van der Waals surface area contributed by atoms with E-state index < -0.39 is 77.2 Å². The monoisotopic (exact) mass is 717 g/mol. The van der Waals surface area contributed by atoms with Crippen LogP contribution in [0.2, 0.25) is 5.02 Å². The molecular formula is C28H36ClN5O9S3. The van der Waals surface area contributed by atoms with Crippen molar-refractivity contribution in [2.24, 2.45) is 5.14 Å². The average molecular weight is 718 g/mol. The number of nitrogens with zero attached hydrogens (tertiary/aromatic N) is 1. The van der Waals surface area contributed by atoms with Crippen molar-refractivity contribution >= 4 is 67.8 Å². The number of carbonyl (C=O) groups is 3. The summed E-state index contributed by atoms with van der Waals surface area (Å²) in [5.74, 6) is -2.39. The smallest absolute Gasteiger partial charge is 0.326 e. The fourth-order valence-corrected chi connectivity index (χ4v) is 8.47. The number of carboxylic acids is 1. The summed E-state index contributed by atoms with van der Waals surface area (Å²) in [5.41, 5.74) is 0.938. The number of primary sulfonamides is 1. The molecule has 14 nitrogen and oxygen atoms in total. The highest BCUT2D eigenvalue weighted by Gasteiger charge is 2.42. The Morgan fingerprint density at radius 3 is 2.57 bits per heavy atom. The van der Waals surface area contributed by atoms with Gasteiger partial charge in [-0.25, -0.2) is 26.8 Å². The maximum Gasteiger partial charge on any atom is 0.326 e. The van der Waals surface area contributed by atoms with Crippen LogP contribution >= 0.6 is 24.2 Å². The Balaban J connectivity index is 1.63. The number of hydrogen-bond acceptors (Lipinski definition) is 11. The molecule has 1 fully saturated rings. The number of halogens is 1. The first-order valence-electron chi connectivity index (χ1n) is 14.5. The Morgan fingerprint density at radius 2 is 1.93 bits per heavy atom. The SMILES string of the molecule is CCOC(=O)[C@H](CCc1ccccc1)NC(C(=O)N1CCC[C@H]1C(=O)O)[C@@H](S)C[C@@H]1Nc2cc(Cl)c(S(N)(=O)=O)cc2S(=O)(=O)N1. The highest BCUT2D eigenvalue weighted by molar-refractivity contribution is 7.90. The third-order valence-electron chi connectivity index (χ3n) is 7.72. The number of thiol groups is 1. The van der Waals surface area contributed by atoms with Crippen molar-refractivity contribution in [1.29, 1.82) is 0 Å². The number of hydrogen-bond donors (Lipinski definition) is 6. The van der Waals surface area contributed by atoms with Gasteiger partial charge in [0.25, 0.3) is 0 Å². The van der Waals surface area contributed by atoms with E-state index in [9.17, 15) is 36.3 Å². The van der Waals surface area contributed by atoms with E-state index in [0.717, 1.165) is 17.7 Å². The number of benzene rings is 2. The van der Waals surface area contributed by atoms with Gasteiger partial charge in [-0.2, -0.15) is 17.4 Å². The van der Waals surface area contributed by atoms with E-state index in [1.54, 1.807) is 6.92 Å². The summed E-state index contributed by atoms with van der Waals surface area (Å²) < 4.78 is 57.9. The number of fused-ring (bicyclic) bond motifs is 1. The number of nitrogens with one attached hydrogen (secondary N) is 3. The summed E-state index contributed by atoms with van der Waals surface area (Å²) >= 11 is 10.8. The van der Waals surface area contributed by atoms with Crippen LogP contribution in [0, 0.1) is 0 Å². The number of likely N-dealkylation sites (tertiary alicyclic amines) is 1. The number of rotatable bonds is 13. The Morgan fingerprint density at radius 1 is 1.24 bits per heavy atom. The molecule has 6 N–H and O–H groups in total. The second-order valence-electron chi connectivity index (χ2n) is 10.9. The summed E-state index contributed by atoms with van der Waals surface area (Å²) in [6, 6.07) is 8.04. The number of aryl methyl sites for hydroxylation is 1. The van der Waals surface area contributed by atoms with Crippen LogP contribution in [0.1, 0.15) is 38.2 Å². The van der Waals surface area contributed by atoms with Crippen LogP contribution in [-0.2, 0) is 45.6 Å². The summed E-state index contributed by atoms with van der Waals surface area (Å²) in [6.45, 7) is 1.91. The molecule has 0 bridgehead atoms. The molecule has 0 aliphatic carbocycles. The lowest BCUT2D eigenvalue weighted by Crippen LogP contribution is -2.59. The molecule has 2 aromatic rings. The number of nitrogens with two attached hydrogens (primary N) is 1. The average Bonchev–Trinajstić information content (AvgIpc) is 3.47. The molecule has 2 aliphatic heterocycles. The van der Waals surface area contributed by atoms with E-state index in [2.05, 4.69) is 28.0 Å². The molecule has 0 spiro atoms.